The summed E-state index contributed by atoms with van der Waals surface area (Å²) in [5.41, 5.74) is -0.382. The second-order valence-electron chi connectivity index (χ2n) is 7.30. The van der Waals surface area contributed by atoms with Gasteiger partial charge in [0.25, 0.3) is 0 Å². The van der Waals surface area contributed by atoms with Crippen molar-refractivity contribution in [1.82, 2.24) is 4.90 Å². The van der Waals surface area contributed by atoms with E-state index in [-0.39, 0.29) is 24.0 Å². The molecule has 4 aliphatic rings. The van der Waals surface area contributed by atoms with Gasteiger partial charge in [0.05, 0.1) is 24.3 Å². The van der Waals surface area contributed by atoms with Crippen LogP contribution in [0.1, 0.15) is 25.7 Å². The van der Waals surface area contributed by atoms with Crippen molar-refractivity contribution < 1.29 is 28.2 Å². The van der Waals surface area contributed by atoms with E-state index in [1.165, 1.54) is 6.20 Å². The number of Topliss-reactive ketones (excluding diaryl/α,β-unsaturated/α-hetero) is 1. The molecule has 2 aliphatic carbocycles. The van der Waals surface area contributed by atoms with Crippen LogP contribution in [0.25, 0.3) is 0 Å². The van der Waals surface area contributed by atoms with E-state index in [9.17, 15) is 23.5 Å². The molecule has 0 amide bonds. The molecule has 2 saturated carbocycles. The number of fused-ring (bicyclic) bond motifs is 2. The molecule has 8 heteroatoms. The Balaban J connectivity index is 1.76. The number of nitriles is 1. The van der Waals surface area contributed by atoms with Crippen LogP contribution in [-0.2, 0) is 14.3 Å². The van der Waals surface area contributed by atoms with Crippen molar-refractivity contribution in [2.45, 2.75) is 62.3 Å². The number of halogens is 2. The summed E-state index contributed by atoms with van der Waals surface area (Å²) in [6, 6.07) is 1.28. The molecule has 0 bridgehead atoms. The van der Waals surface area contributed by atoms with E-state index < -0.39 is 48.3 Å². The maximum absolute atomic E-state index is 14.5. The predicted octanol–water partition coefficient (Wildman–Crippen LogP) is 1.36. The minimum atomic E-state index is -1.86. The normalized spacial score (nSPS) is 45.7. The minimum absolute atomic E-state index is 0.217. The number of carboxylic acid groups (broad SMARTS) is 1. The van der Waals surface area contributed by atoms with Crippen LogP contribution in [0, 0.1) is 23.2 Å². The topological polar surface area (TPSA) is 90.6 Å². The molecule has 2 aliphatic heterocycles. The minimum Gasteiger partial charge on any atom is -0.478 e. The highest BCUT2D eigenvalue weighted by atomic mass is 19.2. The number of aliphatic carboxylic acids is 1. The van der Waals surface area contributed by atoms with Crippen molar-refractivity contribution in [3.05, 3.63) is 11.8 Å². The van der Waals surface area contributed by atoms with Gasteiger partial charge in [-0.25, -0.2) is 13.6 Å². The van der Waals surface area contributed by atoms with Crippen molar-refractivity contribution in [3.8, 4) is 6.07 Å². The van der Waals surface area contributed by atoms with Crippen LogP contribution in [0.15, 0.2) is 11.8 Å². The maximum Gasteiger partial charge on any atom is 0.340 e. The average Bonchev–Trinajstić information content (AvgIpc) is 2.60. The summed E-state index contributed by atoms with van der Waals surface area (Å²) in [6.07, 6.45) is -2.73. The highest BCUT2D eigenvalue weighted by Gasteiger charge is 2.59. The van der Waals surface area contributed by atoms with Crippen LogP contribution in [0.4, 0.5) is 8.78 Å². The fraction of sp³-hybridized carbons (Fsp3) is 0.706. The zero-order chi connectivity index (χ0) is 17.9. The standard InChI is InChI=1S/C17H18F2N2O4/c18-10-4-8-14-16(13(10)19)25-12-3-7(5-20)1-2-11(12)21(14)6-9(15(8)22)17(23)24/h6-8,10-14,16H,1-4H2,(H,23,24). The number of hydrogen-bond acceptors (Lipinski definition) is 5. The molecular formula is C17H18F2N2O4. The average molecular weight is 352 g/mol. The number of ketones is 1. The van der Waals surface area contributed by atoms with Crippen LogP contribution < -0.4 is 0 Å². The lowest BCUT2D eigenvalue weighted by atomic mass is 9.70. The number of ether oxygens (including phenoxy) is 1. The molecule has 0 radical (unpaired) electrons. The second kappa shape index (κ2) is 5.77. The number of carbonyl (C=O) groups is 2. The van der Waals surface area contributed by atoms with Gasteiger partial charge in [-0.05, 0) is 25.7 Å². The Morgan fingerprint density at radius 3 is 2.80 bits per heavy atom. The molecule has 0 aromatic heterocycles. The van der Waals surface area contributed by atoms with Gasteiger partial charge in [0.2, 0.25) is 0 Å². The summed E-state index contributed by atoms with van der Waals surface area (Å²) in [5, 5.41) is 18.5. The lowest BCUT2D eigenvalue weighted by Gasteiger charge is -2.58. The molecule has 25 heavy (non-hydrogen) atoms. The monoisotopic (exact) mass is 352 g/mol. The Hall–Kier alpha value is -2.01. The molecule has 3 fully saturated rings. The second-order valence-corrected chi connectivity index (χ2v) is 7.30. The largest absolute Gasteiger partial charge is 0.478 e. The Bertz CT molecular complexity index is 691. The van der Waals surface area contributed by atoms with E-state index >= 15 is 0 Å². The Morgan fingerprint density at radius 2 is 2.12 bits per heavy atom. The summed E-state index contributed by atoms with van der Waals surface area (Å²) in [5.74, 6) is -3.14. The number of nitrogens with zero attached hydrogens (tertiary/aromatic N) is 2. The Labute approximate surface area is 143 Å². The van der Waals surface area contributed by atoms with Gasteiger partial charge in [-0.3, -0.25) is 4.79 Å². The van der Waals surface area contributed by atoms with Gasteiger partial charge < -0.3 is 14.7 Å². The first-order chi connectivity index (χ1) is 11.9. The molecule has 8 atom stereocenters. The third-order valence-corrected chi connectivity index (χ3v) is 6.00. The Morgan fingerprint density at radius 1 is 1.36 bits per heavy atom. The van der Waals surface area contributed by atoms with E-state index in [0.29, 0.717) is 19.3 Å². The molecule has 2 heterocycles. The molecule has 8 unspecified atom stereocenters. The van der Waals surface area contributed by atoms with E-state index in [4.69, 9.17) is 10.00 Å². The van der Waals surface area contributed by atoms with Crippen molar-refractivity contribution in [2.75, 3.05) is 0 Å². The summed E-state index contributed by atoms with van der Waals surface area (Å²) in [7, 11) is 0. The molecule has 0 aromatic carbocycles. The molecule has 134 valence electrons. The summed E-state index contributed by atoms with van der Waals surface area (Å²) in [4.78, 5) is 25.6. The fourth-order valence-corrected chi connectivity index (χ4v) is 4.83. The molecule has 1 saturated heterocycles. The third-order valence-electron chi connectivity index (χ3n) is 6.00. The van der Waals surface area contributed by atoms with Crippen molar-refractivity contribution in [3.63, 3.8) is 0 Å². The van der Waals surface area contributed by atoms with Crippen molar-refractivity contribution >= 4 is 11.8 Å². The van der Waals surface area contributed by atoms with Crippen LogP contribution in [0.5, 0.6) is 0 Å². The van der Waals surface area contributed by atoms with E-state index in [0.717, 1.165) is 0 Å². The van der Waals surface area contributed by atoms with Crippen LogP contribution in [0.2, 0.25) is 0 Å². The first-order valence-electron chi connectivity index (χ1n) is 8.52. The smallest absolute Gasteiger partial charge is 0.340 e. The zero-order valence-corrected chi connectivity index (χ0v) is 13.3. The fourth-order valence-electron chi connectivity index (χ4n) is 4.83. The maximum atomic E-state index is 14.5. The summed E-state index contributed by atoms with van der Waals surface area (Å²) < 4.78 is 34.5. The van der Waals surface area contributed by atoms with E-state index in [2.05, 4.69) is 6.07 Å². The van der Waals surface area contributed by atoms with Gasteiger partial charge in [0, 0.05) is 18.0 Å². The van der Waals surface area contributed by atoms with Crippen molar-refractivity contribution in [2.24, 2.45) is 11.8 Å². The summed E-state index contributed by atoms with van der Waals surface area (Å²) >= 11 is 0. The highest BCUT2D eigenvalue weighted by molar-refractivity contribution is 6.18. The SMILES string of the molecule is N#CC1CCC2C(C1)OC1C(F)C(F)CC3C(=O)C(C(=O)O)=CN2C31. The molecule has 1 N–H and O–H groups in total. The number of hydrogen-bond donors (Lipinski definition) is 1. The van der Waals surface area contributed by atoms with Crippen LogP contribution in [-0.4, -0.2) is 58.4 Å². The predicted molar refractivity (Wildman–Crippen MR) is 79.7 cm³/mol. The van der Waals surface area contributed by atoms with Gasteiger partial charge in [-0.15, -0.1) is 0 Å². The molecule has 4 rings (SSSR count). The molecule has 0 aromatic rings. The zero-order valence-electron chi connectivity index (χ0n) is 13.3. The number of morpholine rings is 1. The van der Waals surface area contributed by atoms with E-state index in [1.54, 1.807) is 4.90 Å². The quantitative estimate of drug-likeness (QED) is 0.717. The molecular weight excluding hydrogens is 334 g/mol. The number of rotatable bonds is 1. The lowest BCUT2D eigenvalue weighted by Crippen LogP contribution is -2.70. The van der Waals surface area contributed by atoms with Gasteiger partial charge >= 0.3 is 5.97 Å². The Kier molecular flexibility index (Phi) is 3.80. The number of carboxylic acids is 1. The first kappa shape index (κ1) is 16.5. The molecule has 0 spiro atoms. The van der Waals surface area contributed by atoms with Crippen LogP contribution >= 0.6 is 0 Å². The summed E-state index contributed by atoms with van der Waals surface area (Å²) in [6.45, 7) is 0. The van der Waals surface area contributed by atoms with Gasteiger partial charge in [0.15, 0.2) is 12.0 Å². The third kappa shape index (κ3) is 2.36. The van der Waals surface area contributed by atoms with Gasteiger partial charge in [0.1, 0.15) is 17.8 Å². The first-order valence-corrected chi connectivity index (χ1v) is 8.52. The van der Waals surface area contributed by atoms with Crippen LogP contribution in [0.3, 0.4) is 0 Å². The van der Waals surface area contributed by atoms with Gasteiger partial charge in [-0.1, -0.05) is 0 Å². The highest BCUT2D eigenvalue weighted by Crippen LogP contribution is 2.46. The van der Waals surface area contributed by atoms with Gasteiger partial charge in [-0.2, -0.15) is 5.26 Å². The molecule has 6 nitrogen and oxygen atoms in total. The van der Waals surface area contributed by atoms with E-state index in [1.807, 2.05) is 0 Å². The lowest BCUT2D eigenvalue weighted by molar-refractivity contribution is -0.212. The van der Waals surface area contributed by atoms with Crippen molar-refractivity contribution in [1.29, 1.82) is 5.26 Å². The number of carbonyl (C=O) groups excluding carboxylic acids is 1. The number of alkyl halides is 2.